The van der Waals surface area contributed by atoms with Crippen molar-refractivity contribution in [2.45, 2.75) is 141 Å². The average molecular weight is 685 g/mol. The molecular weight excluding hydrogens is 628 g/mol. The number of hydrogen-bond donors (Lipinski definition) is 1. The molecule has 3 heterocycles. The molecule has 12 heteroatoms. The van der Waals surface area contributed by atoms with Crippen LogP contribution in [0.2, 0.25) is 0 Å². The molecule has 1 saturated carbocycles. The topological polar surface area (TPSA) is 141 Å². The van der Waals surface area contributed by atoms with Gasteiger partial charge in [0.15, 0.2) is 0 Å². The second-order valence-electron chi connectivity index (χ2n) is 16.1. The number of rotatable bonds is 10. The summed E-state index contributed by atoms with van der Waals surface area (Å²) < 4.78 is 23.3. The second-order valence-corrected chi connectivity index (χ2v) is 16.1. The lowest BCUT2D eigenvalue weighted by Crippen LogP contribution is -2.52. The third kappa shape index (κ3) is 9.05. The molecule has 1 aromatic rings. The van der Waals surface area contributed by atoms with E-state index in [1.54, 1.807) is 32.8 Å². The molecule has 5 rings (SSSR count). The monoisotopic (exact) mass is 684 g/mol. The van der Waals surface area contributed by atoms with E-state index in [0.29, 0.717) is 36.4 Å². The third-order valence-corrected chi connectivity index (χ3v) is 10.1. The number of piperidine rings is 2. The van der Waals surface area contributed by atoms with Crippen LogP contribution in [0.25, 0.3) is 0 Å². The van der Waals surface area contributed by atoms with E-state index in [-0.39, 0.29) is 43.6 Å². The smallest absolute Gasteiger partial charge is 0.410 e. The summed E-state index contributed by atoms with van der Waals surface area (Å²) in [6.07, 6.45) is 6.01. The number of likely N-dealkylation sites (tertiary alicyclic amines) is 2. The number of esters is 1. The number of nitrogens with zero attached hydrogens (tertiary/aromatic N) is 3. The van der Waals surface area contributed by atoms with Gasteiger partial charge in [-0.2, -0.15) is 0 Å². The SMILES string of the molecule is COc1c(C2CCN(C3CC(OC4CCN(C(=O)OC(C)(C)C)CC4)C3)CC2)ccc2c1CN(C(CCC(=O)OC(C)(C)C)C(N)=O)C2=O. The summed E-state index contributed by atoms with van der Waals surface area (Å²) in [5, 5.41) is 0. The minimum Gasteiger partial charge on any atom is -0.496 e. The third-order valence-electron chi connectivity index (χ3n) is 10.1. The van der Waals surface area contributed by atoms with Crippen LogP contribution >= 0.6 is 0 Å². The standard InChI is InChI=1S/C37H56N4O8/c1-36(2,3)48-31(42)11-10-30(33(38)43)41-22-29-28(34(41)44)9-8-27(32(29)46-7)23-12-16-39(17-13-23)24-20-26(21-24)47-25-14-18-40(19-15-25)35(45)49-37(4,5)6/h8-9,23-26,30H,10-22H2,1-7H3,(H2,38,43). The number of benzene rings is 1. The fraction of sp³-hybridized carbons (Fsp3) is 0.730. The van der Waals surface area contributed by atoms with Crippen molar-refractivity contribution >= 4 is 23.9 Å². The molecule has 1 atom stereocenters. The molecule has 272 valence electrons. The van der Waals surface area contributed by atoms with Gasteiger partial charge in [0.05, 0.1) is 25.9 Å². The molecule has 4 aliphatic rings. The van der Waals surface area contributed by atoms with Crippen LogP contribution in [-0.4, -0.2) is 107 Å². The molecule has 1 aromatic carbocycles. The number of nitrogens with two attached hydrogens (primary N) is 1. The van der Waals surface area contributed by atoms with Gasteiger partial charge in [-0.25, -0.2) is 4.79 Å². The molecule has 12 nitrogen and oxygen atoms in total. The van der Waals surface area contributed by atoms with Crippen molar-refractivity contribution in [1.82, 2.24) is 14.7 Å². The fourth-order valence-corrected chi connectivity index (χ4v) is 7.61. The van der Waals surface area contributed by atoms with Gasteiger partial charge in [-0.05, 0) is 117 Å². The first-order valence-electron chi connectivity index (χ1n) is 17.9. The van der Waals surface area contributed by atoms with Crippen molar-refractivity contribution in [3.05, 3.63) is 28.8 Å². The van der Waals surface area contributed by atoms with Gasteiger partial charge in [0.1, 0.15) is 23.0 Å². The lowest BCUT2D eigenvalue weighted by Gasteiger charge is -2.47. The minimum atomic E-state index is -0.927. The maximum Gasteiger partial charge on any atom is 0.410 e. The second kappa shape index (κ2) is 14.8. The zero-order chi connectivity index (χ0) is 35.7. The molecule has 3 amide bonds. The zero-order valence-electron chi connectivity index (χ0n) is 30.4. The highest BCUT2D eigenvalue weighted by Crippen LogP contribution is 2.43. The van der Waals surface area contributed by atoms with Crippen LogP contribution in [0.1, 0.15) is 120 Å². The molecule has 1 aliphatic carbocycles. The Morgan fingerprint density at radius 2 is 1.53 bits per heavy atom. The molecule has 2 N–H and O–H groups in total. The maximum absolute atomic E-state index is 13.5. The van der Waals surface area contributed by atoms with Crippen molar-refractivity contribution in [1.29, 1.82) is 0 Å². The van der Waals surface area contributed by atoms with Gasteiger partial charge in [0.2, 0.25) is 5.91 Å². The van der Waals surface area contributed by atoms with Gasteiger partial charge < -0.3 is 39.4 Å². The van der Waals surface area contributed by atoms with E-state index in [4.69, 9.17) is 24.7 Å². The molecule has 3 aliphatic heterocycles. The van der Waals surface area contributed by atoms with Crippen LogP contribution in [0, 0.1) is 0 Å². The molecule has 0 spiro atoms. The Kier molecular flexibility index (Phi) is 11.2. The van der Waals surface area contributed by atoms with Crippen LogP contribution in [-0.2, 0) is 30.3 Å². The van der Waals surface area contributed by atoms with Crippen molar-refractivity contribution in [2.75, 3.05) is 33.3 Å². The van der Waals surface area contributed by atoms with Crippen molar-refractivity contribution in [3.8, 4) is 5.75 Å². The lowest BCUT2D eigenvalue weighted by molar-refractivity contribution is -0.155. The minimum absolute atomic E-state index is 0.0189. The van der Waals surface area contributed by atoms with E-state index in [2.05, 4.69) is 4.90 Å². The molecule has 0 aromatic heterocycles. The maximum atomic E-state index is 13.5. The molecule has 3 fully saturated rings. The highest BCUT2D eigenvalue weighted by Gasteiger charge is 2.41. The summed E-state index contributed by atoms with van der Waals surface area (Å²) >= 11 is 0. The summed E-state index contributed by atoms with van der Waals surface area (Å²) in [7, 11) is 1.63. The van der Waals surface area contributed by atoms with Gasteiger partial charge in [-0.15, -0.1) is 0 Å². The summed E-state index contributed by atoms with van der Waals surface area (Å²) in [6.45, 7) is 14.5. The first-order chi connectivity index (χ1) is 23.0. The summed E-state index contributed by atoms with van der Waals surface area (Å²) in [6, 6.07) is 3.44. The highest BCUT2D eigenvalue weighted by molar-refractivity contribution is 6.02. The fourth-order valence-electron chi connectivity index (χ4n) is 7.61. The molecule has 1 unspecified atom stereocenters. The first-order valence-corrected chi connectivity index (χ1v) is 17.9. The van der Waals surface area contributed by atoms with Gasteiger partial charge in [-0.3, -0.25) is 14.4 Å². The zero-order valence-corrected chi connectivity index (χ0v) is 30.4. The van der Waals surface area contributed by atoms with E-state index in [1.165, 1.54) is 4.90 Å². The number of carbonyl (C=O) groups excluding carboxylic acids is 4. The Hall–Kier alpha value is -3.38. The van der Waals surface area contributed by atoms with Crippen LogP contribution in [0.4, 0.5) is 4.79 Å². The molecule has 0 radical (unpaired) electrons. The Balaban J connectivity index is 1.10. The van der Waals surface area contributed by atoms with E-state index in [0.717, 1.165) is 62.7 Å². The molecule has 0 bridgehead atoms. The average Bonchev–Trinajstić information content (AvgIpc) is 3.32. The van der Waals surface area contributed by atoms with Gasteiger partial charge in [0.25, 0.3) is 5.91 Å². The number of methoxy groups -OCH3 is 1. The number of primary amides is 1. The number of amides is 3. The predicted molar refractivity (Wildman–Crippen MR) is 183 cm³/mol. The van der Waals surface area contributed by atoms with Crippen molar-refractivity contribution in [3.63, 3.8) is 0 Å². The van der Waals surface area contributed by atoms with Crippen molar-refractivity contribution in [2.24, 2.45) is 5.73 Å². The summed E-state index contributed by atoms with van der Waals surface area (Å²) in [5.74, 6) is -0.364. The molecule has 49 heavy (non-hydrogen) atoms. The van der Waals surface area contributed by atoms with Crippen LogP contribution in [0.15, 0.2) is 12.1 Å². The van der Waals surface area contributed by atoms with Gasteiger partial charge >= 0.3 is 12.1 Å². The Bertz CT molecular complexity index is 1380. The first kappa shape index (κ1) is 36.9. The Labute approximate surface area is 290 Å². The van der Waals surface area contributed by atoms with E-state index < -0.39 is 29.1 Å². The van der Waals surface area contributed by atoms with E-state index >= 15 is 0 Å². The largest absolute Gasteiger partial charge is 0.496 e. The summed E-state index contributed by atoms with van der Waals surface area (Å²) in [5.41, 5.74) is 6.98. The number of fused-ring (bicyclic) bond motifs is 1. The van der Waals surface area contributed by atoms with Crippen molar-refractivity contribution < 1.29 is 38.1 Å². The molecular formula is C37H56N4O8. The number of carbonyl (C=O) groups is 4. The van der Waals surface area contributed by atoms with E-state index in [1.807, 2.05) is 32.9 Å². The van der Waals surface area contributed by atoms with Gasteiger partial charge in [0, 0.05) is 36.7 Å². The Morgan fingerprint density at radius 1 is 0.898 bits per heavy atom. The summed E-state index contributed by atoms with van der Waals surface area (Å²) in [4.78, 5) is 56.5. The Morgan fingerprint density at radius 3 is 2.10 bits per heavy atom. The van der Waals surface area contributed by atoms with E-state index in [9.17, 15) is 19.2 Å². The lowest BCUT2D eigenvalue weighted by atomic mass is 9.82. The van der Waals surface area contributed by atoms with Crippen LogP contribution < -0.4 is 10.5 Å². The molecule has 2 saturated heterocycles. The number of ether oxygens (including phenoxy) is 4. The quantitative estimate of drug-likeness (QED) is 0.346. The highest BCUT2D eigenvalue weighted by atomic mass is 16.6. The van der Waals surface area contributed by atoms with Crippen LogP contribution in [0.3, 0.4) is 0 Å². The van der Waals surface area contributed by atoms with Crippen LogP contribution in [0.5, 0.6) is 5.75 Å². The number of hydrogen-bond acceptors (Lipinski definition) is 9. The normalized spacial score (nSPS) is 23.1. The van der Waals surface area contributed by atoms with Gasteiger partial charge in [-0.1, -0.05) is 6.07 Å². The predicted octanol–water partition coefficient (Wildman–Crippen LogP) is 4.75.